The lowest BCUT2D eigenvalue weighted by Gasteiger charge is -2.34. The highest BCUT2D eigenvalue weighted by molar-refractivity contribution is 6.82. The van der Waals surface area contributed by atoms with Crippen LogP contribution in [-0.4, -0.2) is 74.3 Å². The third-order valence-electron chi connectivity index (χ3n) is 3.54. The van der Waals surface area contributed by atoms with Gasteiger partial charge in [0, 0.05) is 26.4 Å². The maximum atomic E-state index is 9.19. The first kappa shape index (κ1) is 20.2. The third-order valence-corrected chi connectivity index (χ3v) is 10.9. The van der Waals surface area contributed by atoms with Crippen molar-refractivity contribution >= 4 is 16.9 Å². The summed E-state index contributed by atoms with van der Waals surface area (Å²) in [5.41, 5.74) is 0. The molecule has 0 saturated carbocycles. The van der Waals surface area contributed by atoms with E-state index in [1.165, 1.54) is 0 Å². The van der Waals surface area contributed by atoms with Gasteiger partial charge in [-0.1, -0.05) is 0 Å². The molecule has 1 rings (SSSR count). The molecule has 1 fully saturated rings. The zero-order valence-corrected chi connectivity index (χ0v) is 16.6. The Morgan fingerprint density at radius 1 is 1.18 bits per heavy atom. The molecule has 0 aliphatic carbocycles. The van der Waals surface area contributed by atoms with Crippen LogP contribution in [0.15, 0.2) is 0 Å². The molecular weight excluding hydrogens is 320 g/mol. The van der Waals surface area contributed by atoms with E-state index in [1.807, 2.05) is 0 Å². The van der Waals surface area contributed by atoms with E-state index in [2.05, 4.69) is 19.6 Å². The van der Waals surface area contributed by atoms with Gasteiger partial charge in [0.25, 0.3) is 0 Å². The predicted octanol–water partition coefficient (Wildman–Crippen LogP) is 1.74. The molecule has 0 aromatic rings. The molecule has 1 heterocycles. The summed E-state index contributed by atoms with van der Waals surface area (Å²) in [5, 5.41) is 9.19. The lowest BCUT2D eigenvalue weighted by atomic mass is 10.4. The van der Waals surface area contributed by atoms with Crippen LogP contribution in [0.25, 0.3) is 0 Å². The SMILES string of the molecule is CO[Si](C)(CCOCC1CO1)O[Si](C)(C)CCOCC(C)O. The highest BCUT2D eigenvalue weighted by Gasteiger charge is 2.38. The van der Waals surface area contributed by atoms with Crippen molar-refractivity contribution in [3.63, 3.8) is 0 Å². The first-order chi connectivity index (χ1) is 10.3. The van der Waals surface area contributed by atoms with Crippen molar-refractivity contribution in [2.24, 2.45) is 0 Å². The minimum atomic E-state index is -2.20. The largest absolute Gasteiger partial charge is 0.436 e. The molecule has 0 spiro atoms. The standard InChI is InChI=1S/C14H32O6Si2/c1-13(15)10-17-6-8-21(3,4)20-22(5,16-2)9-7-18-11-14-12-19-14/h13-15H,6-12H2,1-5H3. The number of aliphatic hydroxyl groups is 1. The van der Waals surface area contributed by atoms with Gasteiger partial charge in [-0.15, -0.1) is 0 Å². The van der Waals surface area contributed by atoms with Crippen LogP contribution in [0.4, 0.5) is 0 Å². The highest BCUT2D eigenvalue weighted by Crippen LogP contribution is 2.22. The van der Waals surface area contributed by atoms with Gasteiger partial charge in [-0.25, -0.2) is 0 Å². The molecule has 1 aliphatic rings. The van der Waals surface area contributed by atoms with E-state index in [1.54, 1.807) is 14.0 Å². The smallest absolute Gasteiger partial charge is 0.326 e. The summed E-state index contributed by atoms with van der Waals surface area (Å²) < 4.78 is 28.3. The average molecular weight is 353 g/mol. The minimum absolute atomic E-state index is 0.299. The van der Waals surface area contributed by atoms with E-state index in [0.717, 1.165) is 18.7 Å². The van der Waals surface area contributed by atoms with Gasteiger partial charge >= 0.3 is 8.56 Å². The van der Waals surface area contributed by atoms with Gasteiger partial charge in [0.2, 0.25) is 0 Å². The molecule has 0 aromatic carbocycles. The first-order valence-electron chi connectivity index (χ1n) is 7.97. The summed E-state index contributed by atoms with van der Waals surface area (Å²) in [7, 11) is -2.33. The zero-order valence-electron chi connectivity index (χ0n) is 14.6. The molecule has 3 unspecified atom stereocenters. The van der Waals surface area contributed by atoms with Gasteiger partial charge < -0.3 is 27.9 Å². The van der Waals surface area contributed by atoms with Crippen molar-refractivity contribution in [1.29, 1.82) is 0 Å². The molecule has 0 amide bonds. The molecule has 1 aliphatic heterocycles. The van der Waals surface area contributed by atoms with E-state index in [0.29, 0.717) is 32.5 Å². The molecule has 1 saturated heterocycles. The zero-order chi connectivity index (χ0) is 16.6. The van der Waals surface area contributed by atoms with Crippen molar-refractivity contribution < 1.29 is 27.9 Å². The molecule has 0 bridgehead atoms. The van der Waals surface area contributed by atoms with E-state index in [-0.39, 0.29) is 0 Å². The Balaban J connectivity index is 2.26. The van der Waals surface area contributed by atoms with Crippen LogP contribution >= 0.6 is 0 Å². The monoisotopic (exact) mass is 352 g/mol. The van der Waals surface area contributed by atoms with Crippen LogP contribution in [0, 0.1) is 0 Å². The van der Waals surface area contributed by atoms with Crippen molar-refractivity contribution in [3.05, 3.63) is 0 Å². The Morgan fingerprint density at radius 3 is 2.36 bits per heavy atom. The molecule has 3 atom stereocenters. The van der Waals surface area contributed by atoms with Crippen LogP contribution in [0.1, 0.15) is 6.92 Å². The topological polar surface area (TPSA) is 69.7 Å². The van der Waals surface area contributed by atoms with Crippen molar-refractivity contribution in [3.8, 4) is 0 Å². The fraction of sp³-hybridized carbons (Fsp3) is 1.00. The van der Waals surface area contributed by atoms with Crippen molar-refractivity contribution in [1.82, 2.24) is 0 Å². The molecule has 0 radical (unpaired) electrons. The number of aliphatic hydroxyl groups excluding tert-OH is 1. The van der Waals surface area contributed by atoms with Gasteiger partial charge in [0.05, 0.1) is 25.9 Å². The van der Waals surface area contributed by atoms with Crippen LogP contribution in [-0.2, 0) is 22.8 Å². The number of hydrogen-bond donors (Lipinski definition) is 1. The van der Waals surface area contributed by atoms with Gasteiger partial charge in [-0.05, 0) is 32.6 Å². The number of ether oxygens (including phenoxy) is 3. The minimum Gasteiger partial charge on any atom is -0.436 e. The Morgan fingerprint density at radius 2 is 1.82 bits per heavy atom. The Bertz CT molecular complexity index is 312. The quantitative estimate of drug-likeness (QED) is 0.309. The van der Waals surface area contributed by atoms with E-state index < -0.39 is 23.0 Å². The van der Waals surface area contributed by atoms with E-state index in [9.17, 15) is 5.11 Å². The second kappa shape index (κ2) is 9.48. The summed E-state index contributed by atoms with van der Waals surface area (Å²) in [6, 6.07) is 1.71. The number of hydrogen-bond acceptors (Lipinski definition) is 6. The van der Waals surface area contributed by atoms with E-state index >= 15 is 0 Å². The second-order valence-electron chi connectivity index (χ2n) is 6.65. The second-order valence-corrected chi connectivity index (χ2v) is 14.7. The molecule has 22 heavy (non-hydrogen) atoms. The lowest BCUT2D eigenvalue weighted by Crippen LogP contribution is -2.49. The fourth-order valence-electron chi connectivity index (χ4n) is 2.04. The number of rotatable bonds is 13. The molecule has 132 valence electrons. The third kappa shape index (κ3) is 9.36. The highest BCUT2D eigenvalue weighted by atomic mass is 28.4. The Kier molecular flexibility index (Phi) is 8.72. The first-order valence-corrected chi connectivity index (χ1v) is 13.6. The van der Waals surface area contributed by atoms with Gasteiger partial charge in [-0.2, -0.15) is 0 Å². The van der Waals surface area contributed by atoms with Crippen LogP contribution in [0.5, 0.6) is 0 Å². The van der Waals surface area contributed by atoms with Crippen molar-refractivity contribution in [2.45, 2.75) is 50.9 Å². The number of epoxide rings is 1. The molecule has 1 N–H and O–H groups in total. The van der Waals surface area contributed by atoms with Gasteiger partial charge in [0.15, 0.2) is 8.32 Å². The normalized spacial score (nSPS) is 22.4. The summed E-state index contributed by atoms with van der Waals surface area (Å²) in [6.07, 6.45) is -0.120. The van der Waals surface area contributed by atoms with E-state index in [4.69, 9.17) is 22.8 Å². The Labute approximate surface area is 136 Å². The maximum Gasteiger partial charge on any atom is 0.326 e. The maximum absolute atomic E-state index is 9.19. The van der Waals surface area contributed by atoms with Crippen LogP contribution in [0.2, 0.25) is 31.7 Å². The van der Waals surface area contributed by atoms with Crippen molar-refractivity contribution in [2.75, 3.05) is 40.1 Å². The molecule has 8 heteroatoms. The summed E-state index contributed by atoms with van der Waals surface area (Å²) in [6.45, 7) is 11.3. The molecular formula is C14H32O6Si2. The molecule has 6 nitrogen and oxygen atoms in total. The van der Waals surface area contributed by atoms with Gasteiger partial charge in [0.1, 0.15) is 6.10 Å². The van der Waals surface area contributed by atoms with Gasteiger partial charge in [-0.3, -0.25) is 0 Å². The summed E-state index contributed by atoms with van der Waals surface area (Å²) in [5.74, 6) is 0. The lowest BCUT2D eigenvalue weighted by molar-refractivity contribution is 0.0515. The summed E-state index contributed by atoms with van der Waals surface area (Å²) >= 11 is 0. The molecule has 0 aromatic heterocycles. The predicted molar refractivity (Wildman–Crippen MR) is 89.9 cm³/mol. The van der Waals surface area contributed by atoms with Crippen LogP contribution < -0.4 is 0 Å². The summed E-state index contributed by atoms with van der Waals surface area (Å²) in [4.78, 5) is 0. The Hall–Kier alpha value is 0.194. The average Bonchev–Trinajstić information content (AvgIpc) is 3.23. The van der Waals surface area contributed by atoms with Crippen LogP contribution in [0.3, 0.4) is 0 Å². The fourth-order valence-corrected chi connectivity index (χ4v) is 9.22.